The van der Waals surface area contributed by atoms with Crippen LogP contribution in [0.25, 0.3) is 0 Å². The van der Waals surface area contributed by atoms with Gasteiger partial charge in [-0.15, -0.1) is 0 Å². The molecular weight excluding hydrogens is 315 g/mol. The van der Waals surface area contributed by atoms with Crippen molar-refractivity contribution in [1.29, 1.82) is 0 Å². The van der Waals surface area contributed by atoms with Crippen molar-refractivity contribution in [2.24, 2.45) is 0 Å². The maximum Gasteiger partial charge on any atom is 0.410 e. The van der Waals surface area contributed by atoms with Gasteiger partial charge in [0, 0.05) is 31.4 Å². The minimum Gasteiger partial charge on any atom is -0.488 e. The summed E-state index contributed by atoms with van der Waals surface area (Å²) in [5.74, 6) is -0.111. The van der Waals surface area contributed by atoms with E-state index in [9.17, 15) is 9.18 Å². The molecule has 1 aliphatic rings. The van der Waals surface area contributed by atoms with E-state index >= 15 is 0 Å². The van der Waals surface area contributed by atoms with Crippen LogP contribution in [-0.4, -0.2) is 49.0 Å². The van der Waals surface area contributed by atoms with Gasteiger partial charge in [0.15, 0.2) is 0 Å². The first-order chi connectivity index (χ1) is 11.2. The van der Waals surface area contributed by atoms with Crippen molar-refractivity contribution in [1.82, 2.24) is 4.90 Å². The summed E-state index contributed by atoms with van der Waals surface area (Å²) in [6, 6.07) is 3.91. The number of nitrogens with zero attached hydrogens (tertiary/aromatic N) is 1. The minimum absolute atomic E-state index is 0.152. The zero-order valence-corrected chi connectivity index (χ0v) is 14.5. The molecule has 1 aliphatic heterocycles. The molecule has 1 aromatic carbocycles. The highest BCUT2D eigenvalue weighted by molar-refractivity contribution is 5.69. The molecule has 6 nitrogen and oxygen atoms in total. The van der Waals surface area contributed by atoms with Crippen molar-refractivity contribution in [2.75, 3.05) is 26.0 Å². The number of likely N-dealkylation sites (tertiary alicyclic amines) is 1. The van der Waals surface area contributed by atoms with E-state index in [1.54, 1.807) is 18.1 Å². The van der Waals surface area contributed by atoms with Crippen molar-refractivity contribution in [3.63, 3.8) is 0 Å². The van der Waals surface area contributed by atoms with E-state index in [1.165, 1.54) is 12.1 Å². The van der Waals surface area contributed by atoms with Crippen LogP contribution in [0, 0.1) is 5.82 Å². The Labute approximate surface area is 141 Å². The van der Waals surface area contributed by atoms with E-state index in [1.807, 2.05) is 20.8 Å². The van der Waals surface area contributed by atoms with E-state index in [0.717, 1.165) is 0 Å². The van der Waals surface area contributed by atoms with E-state index in [-0.39, 0.29) is 12.1 Å². The lowest BCUT2D eigenvalue weighted by Crippen LogP contribution is -2.42. The molecule has 1 saturated heterocycles. The number of carbonyl (C=O) groups is 1. The molecule has 0 bridgehead atoms. The third-order valence-electron chi connectivity index (χ3n) is 3.56. The number of methoxy groups -OCH3 is 1. The second-order valence-corrected chi connectivity index (χ2v) is 6.94. The molecule has 1 amide bonds. The summed E-state index contributed by atoms with van der Waals surface area (Å²) in [5.41, 5.74) is 5.34. The molecule has 2 N–H and O–H groups in total. The zero-order chi connectivity index (χ0) is 17.9. The lowest BCUT2D eigenvalue weighted by Gasteiger charge is -2.28. The van der Waals surface area contributed by atoms with Crippen LogP contribution < -0.4 is 10.5 Å². The number of ether oxygens (including phenoxy) is 3. The molecule has 0 radical (unpaired) electrons. The fourth-order valence-electron chi connectivity index (χ4n) is 2.70. The Balaban J connectivity index is 2.07. The molecule has 0 saturated carbocycles. The quantitative estimate of drug-likeness (QED) is 0.853. The van der Waals surface area contributed by atoms with Crippen LogP contribution in [0.2, 0.25) is 0 Å². The Morgan fingerprint density at radius 1 is 1.38 bits per heavy atom. The standard InChI is InChI=1S/C17H25FN2O4/c1-17(2,3)24-16(21)20-9-15(8-13(20)10-22-4)23-14-6-11(18)5-12(19)7-14/h5-7,13,15H,8-10,19H2,1-4H3/t13-,15-/m1/s1. The molecule has 134 valence electrons. The van der Waals surface area contributed by atoms with Crippen LogP contribution in [0.15, 0.2) is 18.2 Å². The number of hydrogen-bond donors (Lipinski definition) is 1. The fourth-order valence-corrected chi connectivity index (χ4v) is 2.70. The Hall–Kier alpha value is -2.02. The topological polar surface area (TPSA) is 74.0 Å². The maximum absolute atomic E-state index is 13.4. The highest BCUT2D eigenvalue weighted by Crippen LogP contribution is 2.26. The zero-order valence-electron chi connectivity index (χ0n) is 14.5. The van der Waals surface area contributed by atoms with E-state index in [0.29, 0.717) is 31.0 Å². The smallest absolute Gasteiger partial charge is 0.410 e. The summed E-state index contributed by atoms with van der Waals surface area (Å²) in [6.45, 7) is 6.17. The van der Waals surface area contributed by atoms with Crippen LogP contribution in [0.1, 0.15) is 27.2 Å². The lowest BCUT2D eigenvalue weighted by atomic mass is 10.2. The van der Waals surface area contributed by atoms with Gasteiger partial charge in [-0.25, -0.2) is 9.18 Å². The van der Waals surface area contributed by atoms with Gasteiger partial charge in [0.25, 0.3) is 0 Å². The third-order valence-corrected chi connectivity index (χ3v) is 3.56. The number of nitrogens with two attached hydrogens (primary N) is 1. The molecule has 2 rings (SSSR count). The number of anilines is 1. The van der Waals surface area contributed by atoms with Crippen LogP contribution in [0.5, 0.6) is 5.75 Å². The molecule has 0 aromatic heterocycles. The van der Waals surface area contributed by atoms with Gasteiger partial charge in [-0.05, 0) is 26.8 Å². The second-order valence-electron chi connectivity index (χ2n) is 6.94. The van der Waals surface area contributed by atoms with Gasteiger partial charge in [-0.3, -0.25) is 4.90 Å². The number of hydrogen-bond acceptors (Lipinski definition) is 5. The highest BCUT2D eigenvalue weighted by Gasteiger charge is 2.38. The normalized spacial score (nSPS) is 21.0. The largest absolute Gasteiger partial charge is 0.488 e. The predicted octanol–water partition coefficient (Wildman–Crippen LogP) is 2.81. The van der Waals surface area contributed by atoms with E-state index in [4.69, 9.17) is 19.9 Å². The average Bonchev–Trinajstić information content (AvgIpc) is 2.78. The van der Waals surface area contributed by atoms with Gasteiger partial charge in [0.05, 0.1) is 19.2 Å². The Morgan fingerprint density at radius 2 is 2.08 bits per heavy atom. The lowest BCUT2D eigenvalue weighted by molar-refractivity contribution is 0.0140. The average molecular weight is 340 g/mol. The minimum atomic E-state index is -0.579. The first-order valence-electron chi connectivity index (χ1n) is 7.89. The molecule has 0 aliphatic carbocycles. The first-order valence-corrected chi connectivity index (χ1v) is 7.89. The van der Waals surface area contributed by atoms with Gasteiger partial charge in [0.2, 0.25) is 0 Å². The number of carbonyl (C=O) groups excluding carboxylic acids is 1. The molecule has 2 atom stereocenters. The summed E-state index contributed by atoms with van der Waals surface area (Å²) >= 11 is 0. The summed E-state index contributed by atoms with van der Waals surface area (Å²) < 4.78 is 29.8. The van der Waals surface area contributed by atoms with Crippen molar-refractivity contribution in [3.8, 4) is 5.75 Å². The predicted molar refractivity (Wildman–Crippen MR) is 88.4 cm³/mol. The molecule has 1 fully saturated rings. The van der Waals surface area contributed by atoms with Crippen LogP contribution >= 0.6 is 0 Å². The van der Waals surface area contributed by atoms with Gasteiger partial charge in [-0.2, -0.15) is 0 Å². The number of halogens is 1. The number of amides is 1. The van der Waals surface area contributed by atoms with Gasteiger partial charge >= 0.3 is 6.09 Å². The van der Waals surface area contributed by atoms with Crippen molar-refractivity contribution >= 4 is 11.8 Å². The van der Waals surface area contributed by atoms with Crippen LogP contribution in [0.3, 0.4) is 0 Å². The molecule has 7 heteroatoms. The Kier molecular flexibility index (Phi) is 5.54. The molecule has 0 unspecified atom stereocenters. The summed E-state index contributed by atoms with van der Waals surface area (Å²) in [5, 5.41) is 0. The van der Waals surface area contributed by atoms with Gasteiger partial charge < -0.3 is 19.9 Å². The number of rotatable bonds is 4. The van der Waals surface area contributed by atoms with Crippen LogP contribution in [-0.2, 0) is 9.47 Å². The summed E-state index contributed by atoms with van der Waals surface area (Å²) in [4.78, 5) is 14.0. The molecular formula is C17H25FN2O4. The van der Waals surface area contributed by atoms with Crippen LogP contribution in [0.4, 0.5) is 14.9 Å². The second kappa shape index (κ2) is 7.25. The van der Waals surface area contributed by atoms with Gasteiger partial charge in [0.1, 0.15) is 23.3 Å². The molecule has 24 heavy (non-hydrogen) atoms. The highest BCUT2D eigenvalue weighted by atomic mass is 19.1. The maximum atomic E-state index is 13.4. The van der Waals surface area contributed by atoms with Crippen molar-refractivity contribution in [2.45, 2.75) is 44.9 Å². The van der Waals surface area contributed by atoms with Crippen molar-refractivity contribution < 1.29 is 23.4 Å². The molecule has 0 spiro atoms. The SMILES string of the molecule is COC[C@H]1C[C@@H](Oc2cc(N)cc(F)c2)CN1C(=O)OC(C)(C)C. The molecule has 1 heterocycles. The molecule has 1 aromatic rings. The van der Waals surface area contributed by atoms with Crippen molar-refractivity contribution in [3.05, 3.63) is 24.0 Å². The Morgan fingerprint density at radius 3 is 2.67 bits per heavy atom. The fraction of sp³-hybridized carbons (Fsp3) is 0.588. The van der Waals surface area contributed by atoms with Gasteiger partial charge in [-0.1, -0.05) is 0 Å². The van der Waals surface area contributed by atoms with E-state index in [2.05, 4.69) is 0 Å². The number of nitrogen functional groups attached to an aromatic ring is 1. The third kappa shape index (κ3) is 4.99. The summed E-state index contributed by atoms with van der Waals surface area (Å²) in [6.07, 6.45) is -0.114. The van der Waals surface area contributed by atoms with E-state index < -0.39 is 17.5 Å². The number of benzene rings is 1. The monoisotopic (exact) mass is 340 g/mol. The Bertz CT molecular complexity index is 568. The summed E-state index contributed by atoms with van der Waals surface area (Å²) in [7, 11) is 1.58. The first kappa shape index (κ1) is 18.3.